The summed E-state index contributed by atoms with van der Waals surface area (Å²) in [6, 6.07) is 115. The zero-order chi connectivity index (χ0) is 62.1. The van der Waals surface area contributed by atoms with Crippen molar-refractivity contribution in [1.82, 2.24) is 17.9 Å². The number of para-hydroxylation sites is 8. The molecule has 0 spiro atoms. The molecule has 0 radical (unpaired) electrons. The summed E-state index contributed by atoms with van der Waals surface area (Å²) in [5.41, 5.74) is 24.4. The topological polar surface area (TPSA) is 25.2 Å². The Labute approximate surface area is 542 Å². The van der Waals surface area contributed by atoms with E-state index in [0.29, 0.717) is 0 Å². The van der Waals surface area contributed by atoms with E-state index < -0.39 is 0 Å². The number of benzene rings is 14. The minimum Gasteiger partial charge on any atom is -0.310 e. The number of fused-ring (bicyclic) bond motifs is 18. The molecule has 442 valence electrons. The van der Waals surface area contributed by atoms with Crippen LogP contribution in [-0.4, -0.2) is 17.9 Å². The first kappa shape index (κ1) is 52.6. The van der Waals surface area contributed by atoms with Crippen molar-refractivity contribution in [2.75, 3.05) is 9.80 Å². The van der Waals surface area contributed by atoms with Crippen LogP contribution in [0.1, 0.15) is 26.3 Å². The minimum absolute atomic E-state index is 0.0832. The van der Waals surface area contributed by atoms with Gasteiger partial charge in [-0.15, -0.1) is 0 Å². The molecule has 0 unspecified atom stereocenters. The highest BCUT2D eigenvalue weighted by Gasteiger charge is 2.30. The molecule has 94 heavy (non-hydrogen) atoms. The molecule has 0 saturated carbocycles. The second kappa shape index (κ2) is 19.7. The fourth-order valence-electron chi connectivity index (χ4n) is 16.2. The molecule has 14 aromatic carbocycles. The zero-order valence-corrected chi connectivity index (χ0v) is 52.1. The summed E-state index contributed by atoms with van der Waals surface area (Å²) in [4.78, 5) is 4.90. The molecule has 6 aromatic heterocycles. The van der Waals surface area contributed by atoms with Crippen LogP contribution in [0.5, 0.6) is 0 Å². The fourth-order valence-corrected chi connectivity index (χ4v) is 16.2. The standard InChI is InChI=1S/C88H60N6/c1-88(2,3)56-49-71-69-51-67-63-37-20-22-41-74(63)91(60-32-15-7-16-33-60)80(67)53-82(69)94-83-54-81-68(52-70(83)72(50-56)87(71)94)64-47-46-55(48-79(64)92(81)61-34-17-8-18-35-61)62-36-19-21-40-73(62)90(59-30-13-6-14-31-59)76-43-25-45-78-85(76)66-39-23-38-65-84-75(42-24-44-77(84)93(78)86(65)66)89(57-26-9-4-10-27-57)58-28-11-5-12-29-58/h4-54H,1-3H3. The Morgan fingerprint density at radius 1 is 0.255 bits per heavy atom. The van der Waals surface area contributed by atoms with Crippen molar-refractivity contribution >= 4 is 154 Å². The molecule has 0 aliphatic carbocycles. The SMILES string of the molecule is CC(C)(C)c1cc2c3cc4c5ccccc5n(-c5ccccc5)c4cc3n3c4cc5c(cc4c(c1)c23)c1ccc(-c2ccccc2N(c2ccccc2)c2cccc3c2c2cccc4c6c(N(c7ccccc7)c7ccccc7)cccc6n3c42)cc1n5-c1ccccc1. The lowest BCUT2D eigenvalue weighted by molar-refractivity contribution is 0.592. The van der Waals surface area contributed by atoms with Gasteiger partial charge >= 0.3 is 0 Å². The predicted molar refractivity (Wildman–Crippen MR) is 398 cm³/mol. The molecule has 0 atom stereocenters. The van der Waals surface area contributed by atoms with E-state index in [0.717, 1.165) is 67.7 Å². The molecule has 20 rings (SSSR count). The highest BCUT2D eigenvalue weighted by atomic mass is 15.2. The van der Waals surface area contributed by atoms with Crippen molar-refractivity contribution in [1.29, 1.82) is 0 Å². The van der Waals surface area contributed by atoms with Crippen molar-refractivity contribution in [2.45, 2.75) is 26.2 Å². The van der Waals surface area contributed by atoms with Gasteiger partial charge in [-0.25, -0.2) is 0 Å². The summed E-state index contributed by atoms with van der Waals surface area (Å²) >= 11 is 0. The number of aromatic nitrogens is 4. The lowest BCUT2D eigenvalue weighted by Crippen LogP contribution is -2.11. The summed E-state index contributed by atoms with van der Waals surface area (Å²) in [5.74, 6) is 0. The third kappa shape index (κ3) is 7.42. The second-order valence-corrected chi connectivity index (χ2v) is 26.4. The largest absolute Gasteiger partial charge is 0.310 e. The van der Waals surface area contributed by atoms with Gasteiger partial charge in [-0.2, -0.15) is 0 Å². The van der Waals surface area contributed by atoms with E-state index >= 15 is 0 Å². The second-order valence-electron chi connectivity index (χ2n) is 26.4. The maximum atomic E-state index is 2.59. The van der Waals surface area contributed by atoms with Crippen LogP contribution in [-0.2, 0) is 5.41 Å². The number of anilines is 6. The molecule has 6 heterocycles. The average molecular weight is 1200 g/mol. The first-order valence-corrected chi connectivity index (χ1v) is 32.7. The van der Waals surface area contributed by atoms with E-state index in [1.165, 1.54) is 114 Å². The van der Waals surface area contributed by atoms with E-state index in [9.17, 15) is 0 Å². The summed E-state index contributed by atoms with van der Waals surface area (Å²) in [6.07, 6.45) is 0. The third-order valence-electron chi connectivity index (χ3n) is 20.3. The fraction of sp³-hybridized carbons (Fsp3) is 0.0455. The molecule has 0 N–H and O–H groups in total. The predicted octanol–water partition coefficient (Wildman–Crippen LogP) is 24.1. The Morgan fingerprint density at radius 2 is 0.649 bits per heavy atom. The molecule has 0 bridgehead atoms. The van der Waals surface area contributed by atoms with Gasteiger partial charge in [0.05, 0.1) is 72.2 Å². The first-order chi connectivity index (χ1) is 46.3. The molecule has 0 fully saturated rings. The first-order valence-electron chi connectivity index (χ1n) is 32.7. The summed E-state index contributed by atoms with van der Waals surface area (Å²) in [6.45, 7) is 7.05. The number of hydrogen-bond acceptors (Lipinski definition) is 2. The molecule has 20 aromatic rings. The van der Waals surface area contributed by atoms with E-state index in [1.54, 1.807) is 0 Å². The molecule has 6 heteroatoms. The molecule has 0 amide bonds. The maximum absolute atomic E-state index is 2.59. The van der Waals surface area contributed by atoms with E-state index in [1.807, 2.05) is 0 Å². The quantitative estimate of drug-likeness (QED) is 0.144. The van der Waals surface area contributed by atoms with Crippen LogP contribution in [0.2, 0.25) is 0 Å². The number of hydrogen-bond donors (Lipinski definition) is 0. The van der Waals surface area contributed by atoms with Crippen LogP contribution in [0.15, 0.2) is 309 Å². The van der Waals surface area contributed by atoms with Gasteiger partial charge in [-0.3, -0.25) is 0 Å². The van der Waals surface area contributed by atoms with Crippen molar-refractivity contribution in [3.05, 3.63) is 315 Å². The van der Waals surface area contributed by atoms with Gasteiger partial charge in [0, 0.05) is 98.6 Å². The Balaban J connectivity index is 0.809. The highest BCUT2D eigenvalue weighted by Crippen LogP contribution is 2.52. The Hall–Kier alpha value is -12.1. The van der Waals surface area contributed by atoms with Crippen LogP contribution in [0.3, 0.4) is 0 Å². The van der Waals surface area contributed by atoms with Crippen molar-refractivity contribution < 1.29 is 0 Å². The lowest BCUT2D eigenvalue weighted by Gasteiger charge is -2.29. The summed E-state index contributed by atoms with van der Waals surface area (Å²) < 4.78 is 10.1. The van der Waals surface area contributed by atoms with Crippen LogP contribution >= 0.6 is 0 Å². The van der Waals surface area contributed by atoms with E-state index in [-0.39, 0.29) is 5.41 Å². The van der Waals surface area contributed by atoms with Crippen LogP contribution < -0.4 is 9.80 Å². The van der Waals surface area contributed by atoms with E-state index in [2.05, 4.69) is 358 Å². The highest BCUT2D eigenvalue weighted by molar-refractivity contribution is 6.31. The van der Waals surface area contributed by atoms with Crippen molar-refractivity contribution in [2.24, 2.45) is 0 Å². The normalized spacial score (nSPS) is 12.4. The monoisotopic (exact) mass is 1200 g/mol. The summed E-state index contributed by atoms with van der Waals surface area (Å²) in [7, 11) is 0. The van der Waals surface area contributed by atoms with Gasteiger partial charge in [0.2, 0.25) is 0 Å². The molecule has 6 nitrogen and oxygen atoms in total. The van der Waals surface area contributed by atoms with Gasteiger partial charge < -0.3 is 27.7 Å². The molecule has 0 aliphatic heterocycles. The van der Waals surface area contributed by atoms with Crippen LogP contribution in [0.25, 0.3) is 142 Å². The minimum atomic E-state index is -0.0832. The summed E-state index contributed by atoms with van der Waals surface area (Å²) in [5, 5.41) is 14.9. The molecular weight excluding hydrogens is 1140 g/mol. The lowest BCUT2D eigenvalue weighted by atomic mass is 9.85. The Bertz CT molecular complexity index is 6390. The Morgan fingerprint density at radius 3 is 1.21 bits per heavy atom. The molecular formula is C88H60N6. The maximum Gasteiger partial charge on any atom is 0.0622 e. The Kier molecular flexibility index (Phi) is 11.0. The smallest absolute Gasteiger partial charge is 0.0622 e. The zero-order valence-electron chi connectivity index (χ0n) is 52.1. The van der Waals surface area contributed by atoms with E-state index in [4.69, 9.17) is 0 Å². The van der Waals surface area contributed by atoms with Crippen molar-refractivity contribution in [3.8, 4) is 22.5 Å². The van der Waals surface area contributed by atoms with Crippen molar-refractivity contribution in [3.63, 3.8) is 0 Å². The molecule has 0 aliphatic rings. The van der Waals surface area contributed by atoms with Gasteiger partial charge in [-0.05, 0) is 156 Å². The van der Waals surface area contributed by atoms with Crippen LogP contribution in [0, 0.1) is 0 Å². The molecule has 0 saturated heterocycles. The number of nitrogens with zero attached hydrogens (tertiary/aromatic N) is 6. The van der Waals surface area contributed by atoms with Gasteiger partial charge in [0.15, 0.2) is 0 Å². The van der Waals surface area contributed by atoms with Gasteiger partial charge in [0.1, 0.15) is 0 Å². The van der Waals surface area contributed by atoms with Crippen LogP contribution in [0.4, 0.5) is 34.1 Å². The third-order valence-corrected chi connectivity index (χ3v) is 20.3. The average Bonchev–Trinajstić information content (AvgIpc) is 1.53. The van der Waals surface area contributed by atoms with Gasteiger partial charge in [0.25, 0.3) is 0 Å². The van der Waals surface area contributed by atoms with Gasteiger partial charge in [-0.1, -0.05) is 191 Å². The number of rotatable bonds is 9.